The Morgan fingerprint density at radius 3 is 3.38 bits per heavy atom. The molecule has 0 atom stereocenters. The third-order valence-electron chi connectivity index (χ3n) is 1.41. The topological polar surface area (TPSA) is 71.5 Å². The first kappa shape index (κ1) is 7.97. The third-order valence-corrected chi connectivity index (χ3v) is 2.13. The number of thioether (sulfide) groups is 1. The van der Waals surface area contributed by atoms with Crippen LogP contribution in [0.4, 0.5) is 0 Å². The second-order valence-electron chi connectivity index (χ2n) is 2.17. The van der Waals surface area contributed by atoms with Crippen LogP contribution in [0.1, 0.15) is 0 Å². The highest BCUT2D eigenvalue weighted by molar-refractivity contribution is 8.02. The van der Waals surface area contributed by atoms with Gasteiger partial charge in [-0.2, -0.15) is 5.10 Å². The number of carbonyl (C=O) groups excluding carboxylic acids is 1. The van der Waals surface area contributed by atoms with Gasteiger partial charge in [0.05, 0.1) is 11.6 Å². The largest absolute Gasteiger partial charge is 0.273 e. The predicted molar refractivity (Wildman–Crippen MR) is 47.8 cm³/mol. The van der Waals surface area contributed by atoms with Crippen molar-refractivity contribution in [3.63, 3.8) is 0 Å². The molecule has 0 aliphatic rings. The molecule has 2 rings (SSSR count). The van der Waals surface area contributed by atoms with Gasteiger partial charge in [0.25, 0.3) is 0 Å². The Hall–Kier alpha value is -1.65. The van der Waals surface area contributed by atoms with E-state index in [-0.39, 0.29) is 0 Å². The van der Waals surface area contributed by atoms with E-state index in [0.29, 0.717) is 10.5 Å². The highest BCUT2D eigenvalue weighted by Gasteiger charge is 2.04. The normalized spacial score (nSPS) is 9.85. The van der Waals surface area contributed by atoms with E-state index in [1.807, 2.05) is 0 Å². The molecule has 5 nitrogen and oxygen atoms in total. The van der Waals surface area contributed by atoms with Gasteiger partial charge < -0.3 is 0 Å². The van der Waals surface area contributed by atoms with Gasteiger partial charge in [-0.05, 0) is 0 Å². The standard InChI is InChI=1S/C7H4N4OS/c12-1-2-13-7-6-5(10-11-7)3-8-4-9-6/h2-4H,(H,10,11). The number of aromatic nitrogens is 4. The first-order chi connectivity index (χ1) is 6.42. The Bertz CT molecular complexity index is 474. The zero-order valence-electron chi connectivity index (χ0n) is 6.39. The Labute approximate surface area is 77.3 Å². The summed E-state index contributed by atoms with van der Waals surface area (Å²) in [7, 11) is 0. The van der Waals surface area contributed by atoms with Crippen molar-refractivity contribution in [2.75, 3.05) is 0 Å². The molecule has 0 radical (unpaired) electrons. The Morgan fingerprint density at radius 1 is 1.62 bits per heavy atom. The van der Waals surface area contributed by atoms with Crippen molar-refractivity contribution >= 4 is 28.7 Å². The van der Waals surface area contributed by atoms with Crippen molar-refractivity contribution in [3.8, 4) is 0 Å². The van der Waals surface area contributed by atoms with E-state index in [1.165, 1.54) is 23.5 Å². The lowest BCUT2D eigenvalue weighted by atomic mass is 10.5. The third kappa shape index (κ3) is 1.44. The molecule has 0 fully saturated rings. The number of fused-ring (bicyclic) bond motifs is 1. The maximum absolute atomic E-state index is 9.96. The number of nitrogens with zero attached hydrogens (tertiary/aromatic N) is 3. The zero-order valence-corrected chi connectivity index (χ0v) is 7.21. The van der Waals surface area contributed by atoms with Gasteiger partial charge in [0.1, 0.15) is 28.3 Å². The fraction of sp³-hybridized carbons (Fsp3) is 0. The SMILES string of the molecule is O=C=CSc1n[nH]c2cncnc12. The molecule has 1 N–H and O–H groups in total. The van der Waals surface area contributed by atoms with Gasteiger partial charge in [0, 0.05) is 0 Å². The van der Waals surface area contributed by atoms with Crippen molar-refractivity contribution < 1.29 is 4.79 Å². The number of rotatable bonds is 2. The second kappa shape index (κ2) is 3.38. The summed E-state index contributed by atoms with van der Waals surface area (Å²) < 4.78 is 0. The van der Waals surface area contributed by atoms with Crippen LogP contribution in [0.2, 0.25) is 0 Å². The summed E-state index contributed by atoms with van der Waals surface area (Å²) in [6, 6.07) is 0. The summed E-state index contributed by atoms with van der Waals surface area (Å²) in [5, 5.41) is 8.65. The van der Waals surface area contributed by atoms with E-state index in [1.54, 1.807) is 12.1 Å². The van der Waals surface area contributed by atoms with Gasteiger partial charge in [0.2, 0.25) is 0 Å². The predicted octanol–water partition coefficient (Wildman–Crippen LogP) is 0.790. The molecule has 0 aliphatic carbocycles. The Kier molecular flexibility index (Phi) is 2.08. The Balaban J connectivity index is 2.51. The molecule has 0 saturated heterocycles. The molecule has 0 aromatic carbocycles. The first-order valence-electron chi connectivity index (χ1n) is 3.42. The molecule has 6 heteroatoms. The number of hydrogen-bond acceptors (Lipinski definition) is 5. The van der Waals surface area contributed by atoms with E-state index in [2.05, 4.69) is 20.2 Å². The number of nitrogens with one attached hydrogen (secondary N) is 1. The van der Waals surface area contributed by atoms with Crippen LogP contribution >= 0.6 is 11.8 Å². The van der Waals surface area contributed by atoms with Crippen LogP contribution in [0, 0.1) is 0 Å². The van der Waals surface area contributed by atoms with E-state index < -0.39 is 0 Å². The smallest absolute Gasteiger partial charge is 0.149 e. The van der Waals surface area contributed by atoms with Crippen molar-refractivity contribution in [3.05, 3.63) is 17.9 Å². The van der Waals surface area contributed by atoms with Crippen LogP contribution < -0.4 is 0 Å². The minimum Gasteiger partial charge on any atom is -0.273 e. The van der Waals surface area contributed by atoms with Crippen LogP contribution in [0.5, 0.6) is 0 Å². The summed E-state index contributed by atoms with van der Waals surface area (Å²) in [6.07, 6.45) is 3.07. The minimum atomic E-state index is 0.653. The lowest BCUT2D eigenvalue weighted by molar-refractivity contribution is 0.569. The quantitative estimate of drug-likeness (QED) is 0.562. The lowest BCUT2D eigenvalue weighted by Crippen LogP contribution is -1.77. The molecule has 2 aromatic rings. The fourth-order valence-electron chi connectivity index (χ4n) is 0.908. The van der Waals surface area contributed by atoms with Crippen LogP contribution in [0.15, 0.2) is 23.0 Å². The highest BCUT2D eigenvalue weighted by atomic mass is 32.2. The van der Waals surface area contributed by atoms with Crippen LogP contribution in [-0.4, -0.2) is 26.1 Å². The van der Waals surface area contributed by atoms with Crippen molar-refractivity contribution in [1.82, 2.24) is 20.2 Å². The van der Waals surface area contributed by atoms with Crippen molar-refractivity contribution in [1.29, 1.82) is 0 Å². The summed E-state index contributed by atoms with van der Waals surface area (Å²) in [4.78, 5) is 17.8. The van der Waals surface area contributed by atoms with Crippen LogP contribution in [-0.2, 0) is 4.79 Å². The molecule has 0 unspecified atom stereocenters. The van der Waals surface area contributed by atoms with Gasteiger partial charge in [-0.25, -0.2) is 14.8 Å². The minimum absolute atomic E-state index is 0.653. The zero-order chi connectivity index (χ0) is 9.10. The first-order valence-corrected chi connectivity index (χ1v) is 4.30. The molecule has 0 amide bonds. The fourth-order valence-corrected chi connectivity index (χ4v) is 1.44. The van der Waals surface area contributed by atoms with E-state index in [0.717, 1.165) is 5.52 Å². The van der Waals surface area contributed by atoms with Crippen LogP contribution in [0.25, 0.3) is 11.0 Å². The summed E-state index contributed by atoms with van der Waals surface area (Å²) in [5.41, 5.74) is 1.47. The van der Waals surface area contributed by atoms with Gasteiger partial charge in [-0.15, -0.1) is 0 Å². The van der Waals surface area contributed by atoms with Gasteiger partial charge in [-0.3, -0.25) is 5.10 Å². The van der Waals surface area contributed by atoms with E-state index >= 15 is 0 Å². The summed E-state index contributed by atoms with van der Waals surface area (Å²) in [6.45, 7) is 0. The second-order valence-corrected chi connectivity index (χ2v) is 3.03. The molecule has 0 aliphatic heterocycles. The van der Waals surface area contributed by atoms with Crippen molar-refractivity contribution in [2.24, 2.45) is 0 Å². The van der Waals surface area contributed by atoms with Crippen LogP contribution in [0.3, 0.4) is 0 Å². The molecule has 64 valence electrons. The van der Waals surface area contributed by atoms with Gasteiger partial charge in [-0.1, -0.05) is 11.8 Å². The number of aromatic amines is 1. The average Bonchev–Trinajstić information content (AvgIpc) is 2.58. The monoisotopic (exact) mass is 192 g/mol. The maximum Gasteiger partial charge on any atom is 0.149 e. The number of hydrogen-bond donors (Lipinski definition) is 1. The summed E-state index contributed by atoms with van der Waals surface area (Å²) in [5.74, 6) is 1.66. The molecule has 0 saturated carbocycles. The molecule has 0 bridgehead atoms. The van der Waals surface area contributed by atoms with E-state index in [4.69, 9.17) is 0 Å². The van der Waals surface area contributed by atoms with Gasteiger partial charge >= 0.3 is 0 Å². The molecule has 0 spiro atoms. The molecular weight excluding hydrogens is 188 g/mol. The van der Waals surface area contributed by atoms with Gasteiger partial charge in [0.15, 0.2) is 0 Å². The molecule has 2 heterocycles. The average molecular weight is 192 g/mol. The number of H-pyrrole nitrogens is 1. The Morgan fingerprint density at radius 2 is 2.54 bits per heavy atom. The van der Waals surface area contributed by atoms with E-state index in [9.17, 15) is 4.79 Å². The lowest BCUT2D eigenvalue weighted by Gasteiger charge is -1.86. The molecule has 2 aromatic heterocycles. The summed E-state index contributed by atoms with van der Waals surface area (Å²) >= 11 is 1.18. The highest BCUT2D eigenvalue weighted by Crippen LogP contribution is 2.22. The molecular formula is C7H4N4OS. The van der Waals surface area contributed by atoms with Crippen molar-refractivity contribution in [2.45, 2.75) is 5.03 Å². The maximum atomic E-state index is 9.96. The molecule has 13 heavy (non-hydrogen) atoms.